The molecule has 8 heavy (non-hydrogen) atoms. The molecule has 0 aromatic rings. The molecule has 0 aromatic heterocycles. The van der Waals surface area contributed by atoms with E-state index in [-0.39, 0.29) is 0 Å². The van der Waals surface area contributed by atoms with E-state index in [0.717, 1.165) is 13.1 Å². The molecule has 4 heteroatoms. The predicted octanol–water partition coefficient (Wildman–Crippen LogP) is 0.625. The van der Waals surface area contributed by atoms with Crippen molar-refractivity contribution >= 4 is 27.2 Å². The minimum absolute atomic E-state index is 0.433. The Morgan fingerprint density at radius 2 is 1.62 bits per heavy atom. The topological polar surface area (TPSA) is 24.1 Å². The summed E-state index contributed by atoms with van der Waals surface area (Å²) in [4.78, 5) is 0.433. The highest BCUT2D eigenvalue weighted by molar-refractivity contribution is 14.1. The van der Waals surface area contributed by atoms with Crippen LogP contribution in [-0.2, 0) is 0 Å². The molecule has 0 heterocycles. The van der Waals surface area contributed by atoms with Gasteiger partial charge in [0.25, 0.3) is 0 Å². The van der Waals surface area contributed by atoms with Crippen molar-refractivity contribution in [3.8, 4) is 0 Å². The van der Waals surface area contributed by atoms with Gasteiger partial charge in [-0.1, -0.05) is 13.8 Å². The molecule has 0 radical (unpaired) electrons. The molecule has 0 atom stereocenters. The van der Waals surface area contributed by atoms with Gasteiger partial charge in [-0.15, -0.1) is 22.4 Å². The Balaban J connectivity index is 2.92. The van der Waals surface area contributed by atoms with Crippen LogP contribution in [0, 0.1) is 0 Å². The van der Waals surface area contributed by atoms with E-state index in [4.69, 9.17) is 0 Å². The van der Waals surface area contributed by atoms with Crippen LogP contribution < -0.4 is 10.5 Å². The van der Waals surface area contributed by atoms with Gasteiger partial charge in [0.2, 0.25) is 0 Å². The fourth-order valence-electron chi connectivity index (χ4n) is 0.431. The van der Waals surface area contributed by atoms with Crippen LogP contribution in [0.5, 0.6) is 0 Å². The molecule has 0 aliphatic carbocycles. The summed E-state index contributed by atoms with van der Waals surface area (Å²) in [5, 5.41) is 6.44. The SMILES string of the molecule is CCNB(I)NCC. The molecule has 0 rings (SSSR count). The lowest BCUT2D eigenvalue weighted by Gasteiger charge is -2.04. The maximum atomic E-state index is 3.22. The van der Waals surface area contributed by atoms with E-state index in [1.165, 1.54) is 0 Å². The molecular formula is C4H12BIN2. The third-order valence-corrected chi connectivity index (χ3v) is 1.65. The van der Waals surface area contributed by atoms with Gasteiger partial charge in [-0.3, -0.25) is 0 Å². The smallest absolute Gasteiger partial charge is 0.333 e. The Hall–Kier alpha value is 0.715. The maximum Gasteiger partial charge on any atom is 0.379 e. The summed E-state index contributed by atoms with van der Waals surface area (Å²) in [6.07, 6.45) is 0. The Labute approximate surface area is 64.8 Å². The summed E-state index contributed by atoms with van der Waals surface area (Å²) < 4.78 is 0. The van der Waals surface area contributed by atoms with Crippen LogP contribution in [-0.4, -0.2) is 17.9 Å². The van der Waals surface area contributed by atoms with E-state index >= 15 is 0 Å². The van der Waals surface area contributed by atoms with Gasteiger partial charge in [-0.2, -0.15) is 0 Å². The third kappa shape index (κ3) is 4.86. The molecule has 0 aromatic carbocycles. The minimum atomic E-state index is 0.433. The molecular weight excluding hydrogens is 214 g/mol. The van der Waals surface area contributed by atoms with Crippen molar-refractivity contribution in [1.82, 2.24) is 10.5 Å². The second-order valence-corrected chi connectivity index (χ2v) is 2.72. The van der Waals surface area contributed by atoms with E-state index in [0.29, 0.717) is 4.84 Å². The summed E-state index contributed by atoms with van der Waals surface area (Å²) in [7, 11) is 0. The van der Waals surface area contributed by atoms with Crippen LogP contribution in [0.2, 0.25) is 0 Å². The highest BCUT2D eigenvalue weighted by atomic mass is 127. The molecule has 0 fully saturated rings. The molecule has 2 N–H and O–H groups in total. The number of rotatable bonds is 4. The average molecular weight is 226 g/mol. The Morgan fingerprint density at radius 3 is 1.88 bits per heavy atom. The van der Waals surface area contributed by atoms with Gasteiger partial charge < -0.3 is 10.5 Å². The molecule has 0 aliphatic rings. The van der Waals surface area contributed by atoms with E-state index < -0.39 is 0 Å². The fraction of sp³-hybridized carbons (Fsp3) is 1.00. The van der Waals surface area contributed by atoms with Crippen LogP contribution in [0.25, 0.3) is 0 Å². The molecule has 0 saturated carbocycles. The summed E-state index contributed by atoms with van der Waals surface area (Å²) in [5.41, 5.74) is 0. The van der Waals surface area contributed by atoms with Crippen LogP contribution >= 0.6 is 22.4 Å². The summed E-state index contributed by atoms with van der Waals surface area (Å²) >= 11 is 2.32. The zero-order valence-electron chi connectivity index (χ0n) is 5.37. The monoisotopic (exact) mass is 226 g/mol. The Bertz CT molecular complexity index is 47.3. The second-order valence-electron chi connectivity index (χ2n) is 1.48. The molecule has 0 unspecified atom stereocenters. The predicted molar refractivity (Wildman–Crippen MR) is 47.1 cm³/mol. The maximum absolute atomic E-state index is 3.22. The molecule has 0 bridgehead atoms. The lowest BCUT2D eigenvalue weighted by atomic mass is 10.2. The Kier molecular flexibility index (Phi) is 6.37. The third-order valence-electron chi connectivity index (χ3n) is 0.767. The van der Waals surface area contributed by atoms with Gasteiger partial charge >= 0.3 is 4.84 Å². The number of halogens is 1. The van der Waals surface area contributed by atoms with Crippen molar-refractivity contribution in [2.24, 2.45) is 0 Å². The van der Waals surface area contributed by atoms with Crippen molar-refractivity contribution in [2.75, 3.05) is 13.1 Å². The molecule has 2 nitrogen and oxygen atoms in total. The van der Waals surface area contributed by atoms with Gasteiger partial charge in [0.05, 0.1) is 0 Å². The van der Waals surface area contributed by atoms with Crippen LogP contribution in [0.15, 0.2) is 0 Å². The van der Waals surface area contributed by atoms with Gasteiger partial charge in [-0.05, 0) is 13.1 Å². The molecule has 0 amide bonds. The fourth-order valence-corrected chi connectivity index (χ4v) is 1.31. The number of hydrogen-bond donors (Lipinski definition) is 2. The molecule has 0 saturated heterocycles. The van der Waals surface area contributed by atoms with Crippen LogP contribution in [0.4, 0.5) is 0 Å². The molecule has 0 aliphatic heterocycles. The highest BCUT2D eigenvalue weighted by Crippen LogP contribution is 1.81. The largest absolute Gasteiger partial charge is 0.379 e. The van der Waals surface area contributed by atoms with Gasteiger partial charge in [0.15, 0.2) is 0 Å². The van der Waals surface area contributed by atoms with E-state index in [2.05, 4.69) is 46.7 Å². The normalized spacial score (nSPS) is 9.38. The van der Waals surface area contributed by atoms with Crippen molar-refractivity contribution in [3.05, 3.63) is 0 Å². The zero-order valence-corrected chi connectivity index (χ0v) is 7.53. The number of nitrogens with one attached hydrogen (secondary N) is 2. The first-order chi connectivity index (χ1) is 3.81. The lowest BCUT2D eigenvalue weighted by Crippen LogP contribution is -2.41. The minimum Gasteiger partial charge on any atom is -0.333 e. The van der Waals surface area contributed by atoms with E-state index in [1.54, 1.807) is 0 Å². The van der Waals surface area contributed by atoms with E-state index in [1.807, 2.05) is 0 Å². The molecule has 48 valence electrons. The molecule has 0 spiro atoms. The van der Waals surface area contributed by atoms with Crippen LogP contribution in [0.3, 0.4) is 0 Å². The van der Waals surface area contributed by atoms with E-state index in [9.17, 15) is 0 Å². The van der Waals surface area contributed by atoms with Crippen molar-refractivity contribution < 1.29 is 0 Å². The average Bonchev–Trinajstić information content (AvgIpc) is 1.68. The summed E-state index contributed by atoms with van der Waals surface area (Å²) in [5.74, 6) is 0. The quantitative estimate of drug-likeness (QED) is 0.542. The van der Waals surface area contributed by atoms with Crippen molar-refractivity contribution in [2.45, 2.75) is 13.8 Å². The standard InChI is InChI=1S/C4H12BIN2/c1-3-7-5(6)8-4-2/h7-8H,3-4H2,1-2H3. The zero-order chi connectivity index (χ0) is 6.41. The van der Waals surface area contributed by atoms with Gasteiger partial charge in [0.1, 0.15) is 0 Å². The van der Waals surface area contributed by atoms with Crippen molar-refractivity contribution in [1.29, 1.82) is 0 Å². The first kappa shape index (κ1) is 8.71. The second kappa shape index (κ2) is 5.84. The first-order valence-corrected chi connectivity index (χ1v) is 4.16. The first-order valence-electron chi connectivity index (χ1n) is 2.92. The van der Waals surface area contributed by atoms with Crippen molar-refractivity contribution in [3.63, 3.8) is 0 Å². The van der Waals surface area contributed by atoms with Crippen LogP contribution in [0.1, 0.15) is 13.8 Å². The summed E-state index contributed by atoms with van der Waals surface area (Å²) in [6, 6.07) is 0. The van der Waals surface area contributed by atoms with Gasteiger partial charge in [0, 0.05) is 0 Å². The van der Waals surface area contributed by atoms with Gasteiger partial charge in [-0.25, -0.2) is 0 Å². The summed E-state index contributed by atoms with van der Waals surface area (Å²) in [6.45, 7) is 6.26. The highest BCUT2D eigenvalue weighted by Gasteiger charge is 2.02. The lowest BCUT2D eigenvalue weighted by molar-refractivity contribution is 0.921. The Morgan fingerprint density at radius 1 is 1.25 bits per heavy atom. The number of hydrogen-bond acceptors (Lipinski definition) is 2.